The molecule has 0 heterocycles. The van der Waals surface area contributed by atoms with Gasteiger partial charge in [-0.2, -0.15) is 0 Å². The third kappa shape index (κ3) is 4.07. The summed E-state index contributed by atoms with van der Waals surface area (Å²) in [5.41, 5.74) is 6.71. The maximum absolute atomic E-state index is 10.8. The lowest BCUT2D eigenvalue weighted by atomic mass is 9.95. The van der Waals surface area contributed by atoms with E-state index in [1.165, 1.54) is 0 Å². The molecule has 0 atom stereocenters. The zero-order valence-electron chi connectivity index (χ0n) is 10.3. The van der Waals surface area contributed by atoms with E-state index in [4.69, 9.17) is 15.6 Å². The Hall–Kier alpha value is -1.55. The van der Waals surface area contributed by atoms with Gasteiger partial charge in [0.1, 0.15) is 0 Å². The Kier molecular flexibility index (Phi) is 4.52. The minimum atomic E-state index is -0.850. The highest BCUT2D eigenvalue weighted by Crippen LogP contribution is 2.16. The molecule has 4 heteroatoms. The van der Waals surface area contributed by atoms with Gasteiger partial charge in [-0.3, -0.25) is 4.79 Å². The second-order valence-corrected chi connectivity index (χ2v) is 4.69. The van der Waals surface area contributed by atoms with Crippen molar-refractivity contribution in [2.75, 3.05) is 18.9 Å². The molecule has 1 aromatic carbocycles. The molecule has 0 bridgehead atoms. The van der Waals surface area contributed by atoms with Crippen LogP contribution in [0.4, 0.5) is 5.69 Å². The molecule has 0 aliphatic rings. The van der Waals surface area contributed by atoms with Crippen molar-refractivity contribution in [2.24, 2.45) is 5.41 Å². The molecule has 0 saturated carbocycles. The van der Waals surface area contributed by atoms with E-state index in [1.807, 2.05) is 24.3 Å². The molecule has 1 rings (SSSR count). The van der Waals surface area contributed by atoms with Crippen LogP contribution in [-0.2, 0) is 16.0 Å². The van der Waals surface area contributed by atoms with Crippen LogP contribution in [0.5, 0.6) is 0 Å². The average molecular weight is 237 g/mol. The van der Waals surface area contributed by atoms with Crippen LogP contribution in [0.25, 0.3) is 0 Å². The van der Waals surface area contributed by atoms with Crippen molar-refractivity contribution in [2.45, 2.75) is 20.3 Å². The normalized spacial score (nSPS) is 11.4. The Bertz CT molecular complexity index is 388. The Morgan fingerprint density at radius 2 is 2.06 bits per heavy atom. The standard InChI is InChI=1S/C13H19NO3/c1-13(2,12(15)16)9-17-8-7-10-5-3-4-6-11(10)14/h3-6H,7-9,14H2,1-2H3,(H,15,16). The van der Waals surface area contributed by atoms with Gasteiger partial charge in [0.05, 0.1) is 18.6 Å². The Morgan fingerprint density at radius 3 is 2.65 bits per heavy atom. The number of ether oxygens (including phenoxy) is 1. The lowest BCUT2D eigenvalue weighted by Crippen LogP contribution is -2.29. The smallest absolute Gasteiger partial charge is 0.311 e. The molecule has 94 valence electrons. The average Bonchev–Trinajstić information content (AvgIpc) is 2.26. The van der Waals surface area contributed by atoms with Crippen molar-refractivity contribution in [3.05, 3.63) is 29.8 Å². The first kappa shape index (κ1) is 13.5. The highest BCUT2D eigenvalue weighted by molar-refractivity contribution is 5.73. The molecular formula is C13H19NO3. The molecule has 4 nitrogen and oxygen atoms in total. The third-order valence-electron chi connectivity index (χ3n) is 2.61. The molecule has 0 fully saturated rings. The fourth-order valence-corrected chi connectivity index (χ4v) is 1.33. The number of aliphatic carboxylic acids is 1. The zero-order chi connectivity index (χ0) is 12.9. The minimum absolute atomic E-state index is 0.203. The molecule has 0 saturated heterocycles. The van der Waals surface area contributed by atoms with Gasteiger partial charge in [-0.25, -0.2) is 0 Å². The van der Waals surface area contributed by atoms with Crippen molar-refractivity contribution in [3.8, 4) is 0 Å². The van der Waals surface area contributed by atoms with Crippen molar-refractivity contribution in [3.63, 3.8) is 0 Å². The van der Waals surface area contributed by atoms with E-state index in [1.54, 1.807) is 13.8 Å². The number of hydrogen-bond donors (Lipinski definition) is 2. The van der Waals surface area contributed by atoms with Crippen molar-refractivity contribution in [1.29, 1.82) is 0 Å². The summed E-state index contributed by atoms with van der Waals surface area (Å²) in [6.07, 6.45) is 0.697. The van der Waals surface area contributed by atoms with Gasteiger partial charge in [-0.1, -0.05) is 18.2 Å². The van der Waals surface area contributed by atoms with Gasteiger partial charge in [0.25, 0.3) is 0 Å². The van der Waals surface area contributed by atoms with Gasteiger partial charge < -0.3 is 15.6 Å². The largest absolute Gasteiger partial charge is 0.481 e. The SMILES string of the molecule is CC(C)(COCCc1ccccc1N)C(=O)O. The summed E-state index contributed by atoms with van der Waals surface area (Å²) in [6, 6.07) is 7.59. The van der Waals surface area contributed by atoms with Crippen LogP contribution in [0.15, 0.2) is 24.3 Å². The van der Waals surface area contributed by atoms with Crippen LogP contribution in [0.1, 0.15) is 19.4 Å². The second-order valence-electron chi connectivity index (χ2n) is 4.69. The van der Waals surface area contributed by atoms with E-state index < -0.39 is 11.4 Å². The molecule has 0 unspecified atom stereocenters. The number of anilines is 1. The lowest BCUT2D eigenvalue weighted by Gasteiger charge is -2.18. The molecule has 3 N–H and O–H groups in total. The molecule has 0 aromatic heterocycles. The number of carbonyl (C=O) groups is 1. The van der Waals surface area contributed by atoms with Crippen LogP contribution < -0.4 is 5.73 Å². The van der Waals surface area contributed by atoms with Crippen LogP contribution in [-0.4, -0.2) is 24.3 Å². The molecule has 17 heavy (non-hydrogen) atoms. The number of benzene rings is 1. The molecule has 0 aliphatic carbocycles. The first-order valence-corrected chi connectivity index (χ1v) is 5.58. The van der Waals surface area contributed by atoms with E-state index in [9.17, 15) is 4.79 Å². The van der Waals surface area contributed by atoms with Crippen LogP contribution >= 0.6 is 0 Å². The van der Waals surface area contributed by atoms with Crippen molar-refractivity contribution >= 4 is 11.7 Å². The summed E-state index contributed by atoms with van der Waals surface area (Å²) in [6.45, 7) is 3.97. The Balaban J connectivity index is 2.35. The van der Waals surface area contributed by atoms with Gasteiger partial charge in [-0.15, -0.1) is 0 Å². The summed E-state index contributed by atoms with van der Waals surface area (Å²) in [7, 11) is 0. The number of para-hydroxylation sites is 1. The quantitative estimate of drug-likeness (QED) is 0.586. The van der Waals surface area contributed by atoms with E-state index in [-0.39, 0.29) is 6.61 Å². The maximum Gasteiger partial charge on any atom is 0.311 e. The zero-order valence-corrected chi connectivity index (χ0v) is 10.3. The van der Waals surface area contributed by atoms with E-state index >= 15 is 0 Å². The first-order chi connectivity index (χ1) is 7.93. The molecular weight excluding hydrogens is 218 g/mol. The number of hydrogen-bond acceptors (Lipinski definition) is 3. The number of rotatable bonds is 6. The predicted octanol–water partition coefficient (Wildman–Crippen LogP) is 1.94. The summed E-state index contributed by atoms with van der Waals surface area (Å²) in [5, 5.41) is 8.90. The second kappa shape index (κ2) is 5.68. The van der Waals surface area contributed by atoms with E-state index in [0.29, 0.717) is 13.0 Å². The molecule has 0 amide bonds. The highest BCUT2D eigenvalue weighted by atomic mass is 16.5. The Labute approximate surface area is 101 Å². The molecule has 0 aliphatic heterocycles. The number of nitrogen functional groups attached to an aromatic ring is 1. The van der Waals surface area contributed by atoms with Crippen LogP contribution in [0, 0.1) is 5.41 Å². The van der Waals surface area contributed by atoms with Gasteiger partial charge in [-0.05, 0) is 31.9 Å². The number of nitrogens with two attached hydrogens (primary N) is 1. The highest BCUT2D eigenvalue weighted by Gasteiger charge is 2.27. The molecule has 1 aromatic rings. The van der Waals surface area contributed by atoms with Crippen LogP contribution in [0.2, 0.25) is 0 Å². The first-order valence-electron chi connectivity index (χ1n) is 5.58. The number of carboxylic acid groups (broad SMARTS) is 1. The monoisotopic (exact) mass is 237 g/mol. The van der Waals surface area contributed by atoms with E-state index in [0.717, 1.165) is 11.3 Å². The predicted molar refractivity (Wildman–Crippen MR) is 66.8 cm³/mol. The van der Waals surface area contributed by atoms with Crippen molar-refractivity contribution in [1.82, 2.24) is 0 Å². The van der Waals surface area contributed by atoms with Gasteiger partial charge in [0, 0.05) is 5.69 Å². The van der Waals surface area contributed by atoms with Crippen molar-refractivity contribution < 1.29 is 14.6 Å². The number of carboxylic acids is 1. The minimum Gasteiger partial charge on any atom is -0.481 e. The summed E-state index contributed by atoms with van der Waals surface area (Å²) < 4.78 is 5.38. The Morgan fingerprint density at radius 1 is 1.41 bits per heavy atom. The topological polar surface area (TPSA) is 72.5 Å². The summed E-state index contributed by atoms with van der Waals surface area (Å²) in [5.74, 6) is -0.850. The molecule has 0 radical (unpaired) electrons. The van der Waals surface area contributed by atoms with Gasteiger partial charge >= 0.3 is 5.97 Å². The molecule has 0 spiro atoms. The fourth-order valence-electron chi connectivity index (χ4n) is 1.33. The van der Waals surface area contributed by atoms with E-state index in [2.05, 4.69) is 0 Å². The maximum atomic E-state index is 10.8. The third-order valence-corrected chi connectivity index (χ3v) is 2.61. The fraction of sp³-hybridized carbons (Fsp3) is 0.462. The summed E-state index contributed by atoms with van der Waals surface area (Å²) in [4.78, 5) is 10.8. The summed E-state index contributed by atoms with van der Waals surface area (Å²) >= 11 is 0. The van der Waals surface area contributed by atoms with Gasteiger partial charge in [0.15, 0.2) is 0 Å². The van der Waals surface area contributed by atoms with Gasteiger partial charge in [0.2, 0.25) is 0 Å². The lowest BCUT2D eigenvalue weighted by molar-refractivity contribution is -0.150. The van der Waals surface area contributed by atoms with Crippen LogP contribution in [0.3, 0.4) is 0 Å².